The summed E-state index contributed by atoms with van der Waals surface area (Å²) in [5.41, 5.74) is 1.37. The predicted molar refractivity (Wildman–Crippen MR) is 76.0 cm³/mol. The zero-order chi connectivity index (χ0) is 15.5. The van der Waals surface area contributed by atoms with Crippen molar-refractivity contribution in [2.45, 2.75) is 13.1 Å². The summed E-state index contributed by atoms with van der Waals surface area (Å²) in [5.74, 6) is -0.182. The summed E-state index contributed by atoms with van der Waals surface area (Å²) in [4.78, 5) is 11.9. The first kappa shape index (κ1) is 15.0. The second-order valence-corrected chi connectivity index (χ2v) is 4.69. The van der Waals surface area contributed by atoms with Crippen LogP contribution in [0.25, 0.3) is 6.08 Å². The number of carbonyl (C=O) groups is 1. The average Bonchev–Trinajstić information content (AvgIpc) is 2.44. The number of halogens is 3. The van der Waals surface area contributed by atoms with Gasteiger partial charge in [0.15, 0.2) is 5.78 Å². The van der Waals surface area contributed by atoms with E-state index in [4.69, 9.17) is 0 Å². The van der Waals surface area contributed by atoms with Crippen LogP contribution in [-0.4, -0.2) is 5.78 Å². The zero-order valence-electron chi connectivity index (χ0n) is 11.3. The maximum absolute atomic E-state index is 12.4. The van der Waals surface area contributed by atoms with E-state index in [0.717, 1.165) is 17.7 Å². The van der Waals surface area contributed by atoms with Gasteiger partial charge < -0.3 is 0 Å². The largest absolute Gasteiger partial charge is 0.416 e. The molecule has 1 nitrogen and oxygen atoms in total. The Morgan fingerprint density at radius 2 is 1.71 bits per heavy atom. The van der Waals surface area contributed by atoms with E-state index >= 15 is 0 Å². The number of alkyl halides is 3. The highest BCUT2D eigenvalue weighted by Crippen LogP contribution is 2.29. The molecule has 0 aliphatic heterocycles. The summed E-state index contributed by atoms with van der Waals surface area (Å²) in [6.07, 6.45) is -1.48. The van der Waals surface area contributed by atoms with Crippen molar-refractivity contribution in [3.05, 3.63) is 76.9 Å². The lowest BCUT2D eigenvalue weighted by Gasteiger charge is -2.05. The highest BCUT2D eigenvalue weighted by molar-refractivity contribution is 6.06. The molecule has 0 aromatic heterocycles. The molecule has 108 valence electrons. The minimum Gasteiger partial charge on any atom is -0.289 e. The van der Waals surface area contributed by atoms with E-state index < -0.39 is 11.7 Å². The van der Waals surface area contributed by atoms with Gasteiger partial charge >= 0.3 is 6.18 Å². The van der Waals surface area contributed by atoms with E-state index in [9.17, 15) is 18.0 Å². The normalized spacial score (nSPS) is 11.8. The standard InChI is InChI=1S/C17H13F3O/c1-12-3-2-4-14(11-12)16(21)10-7-13-5-8-15(9-6-13)17(18,19)20/h2-11H,1H3/b10-7+. The zero-order valence-corrected chi connectivity index (χ0v) is 11.3. The van der Waals surface area contributed by atoms with Crippen LogP contribution in [0, 0.1) is 6.92 Å². The Morgan fingerprint density at radius 1 is 1.05 bits per heavy atom. The SMILES string of the molecule is Cc1cccc(C(=O)/C=C/c2ccc(C(F)(F)F)cc2)c1. The van der Waals surface area contributed by atoms with Gasteiger partial charge in [0.2, 0.25) is 0 Å². The van der Waals surface area contributed by atoms with Gasteiger partial charge in [-0.1, -0.05) is 42.0 Å². The molecule has 0 bridgehead atoms. The van der Waals surface area contributed by atoms with Gasteiger partial charge in [0.25, 0.3) is 0 Å². The van der Waals surface area contributed by atoms with Gasteiger partial charge in [0, 0.05) is 5.56 Å². The highest BCUT2D eigenvalue weighted by atomic mass is 19.4. The smallest absolute Gasteiger partial charge is 0.289 e. The fourth-order valence-corrected chi connectivity index (χ4v) is 1.85. The fraction of sp³-hybridized carbons (Fsp3) is 0.118. The molecule has 2 aromatic rings. The number of hydrogen-bond donors (Lipinski definition) is 0. The van der Waals surface area contributed by atoms with Crippen LogP contribution < -0.4 is 0 Å². The molecule has 0 amide bonds. The van der Waals surface area contributed by atoms with Crippen molar-refractivity contribution in [1.82, 2.24) is 0 Å². The Morgan fingerprint density at radius 3 is 2.29 bits per heavy atom. The number of hydrogen-bond acceptors (Lipinski definition) is 1. The summed E-state index contributed by atoms with van der Waals surface area (Å²) >= 11 is 0. The van der Waals surface area contributed by atoms with Crippen LogP contribution in [0.2, 0.25) is 0 Å². The van der Waals surface area contributed by atoms with Crippen LogP contribution >= 0.6 is 0 Å². The third-order valence-electron chi connectivity index (χ3n) is 2.97. The molecule has 0 N–H and O–H groups in total. The molecule has 0 spiro atoms. The van der Waals surface area contributed by atoms with E-state index in [1.54, 1.807) is 18.2 Å². The highest BCUT2D eigenvalue weighted by Gasteiger charge is 2.29. The Hall–Kier alpha value is -2.36. The molecule has 21 heavy (non-hydrogen) atoms. The van der Waals surface area contributed by atoms with Crippen molar-refractivity contribution in [2.75, 3.05) is 0 Å². The molecule has 0 atom stereocenters. The van der Waals surface area contributed by atoms with Crippen LogP contribution in [-0.2, 0) is 6.18 Å². The van der Waals surface area contributed by atoms with Crippen LogP contribution in [0.15, 0.2) is 54.6 Å². The van der Waals surface area contributed by atoms with Gasteiger partial charge in [-0.05, 0) is 36.8 Å². The summed E-state index contributed by atoms with van der Waals surface area (Å²) < 4.78 is 37.3. The molecule has 0 radical (unpaired) electrons. The summed E-state index contributed by atoms with van der Waals surface area (Å²) in [7, 11) is 0. The Kier molecular flexibility index (Phi) is 4.26. The molecule has 2 rings (SSSR count). The molecule has 0 saturated carbocycles. The number of carbonyl (C=O) groups excluding carboxylic acids is 1. The average molecular weight is 290 g/mol. The second-order valence-electron chi connectivity index (χ2n) is 4.69. The summed E-state index contributed by atoms with van der Waals surface area (Å²) in [5, 5.41) is 0. The monoisotopic (exact) mass is 290 g/mol. The number of allylic oxidation sites excluding steroid dienone is 1. The molecule has 0 heterocycles. The van der Waals surface area contributed by atoms with Gasteiger partial charge in [0.1, 0.15) is 0 Å². The molecule has 2 aromatic carbocycles. The Labute approximate surface area is 120 Å². The van der Waals surface area contributed by atoms with Crippen molar-refractivity contribution >= 4 is 11.9 Å². The lowest BCUT2D eigenvalue weighted by atomic mass is 10.1. The van der Waals surface area contributed by atoms with Crippen LogP contribution in [0.5, 0.6) is 0 Å². The second kappa shape index (κ2) is 5.95. The van der Waals surface area contributed by atoms with E-state index in [-0.39, 0.29) is 5.78 Å². The van der Waals surface area contributed by atoms with Crippen molar-refractivity contribution < 1.29 is 18.0 Å². The van der Waals surface area contributed by atoms with Gasteiger partial charge in [-0.15, -0.1) is 0 Å². The molecular formula is C17H13F3O. The molecule has 0 fully saturated rings. The van der Waals surface area contributed by atoms with Crippen LogP contribution in [0.1, 0.15) is 27.0 Å². The van der Waals surface area contributed by atoms with Gasteiger partial charge in [-0.2, -0.15) is 13.2 Å². The lowest BCUT2D eigenvalue weighted by molar-refractivity contribution is -0.137. The van der Waals surface area contributed by atoms with Gasteiger partial charge in [-0.25, -0.2) is 0 Å². The quantitative estimate of drug-likeness (QED) is 0.580. The molecular weight excluding hydrogens is 277 g/mol. The Bertz CT molecular complexity index is 667. The number of benzene rings is 2. The number of rotatable bonds is 3. The van der Waals surface area contributed by atoms with Gasteiger partial charge in [0.05, 0.1) is 5.56 Å². The maximum Gasteiger partial charge on any atom is 0.416 e. The summed E-state index contributed by atoms with van der Waals surface area (Å²) in [6, 6.07) is 11.8. The van der Waals surface area contributed by atoms with Gasteiger partial charge in [-0.3, -0.25) is 4.79 Å². The first-order valence-electron chi connectivity index (χ1n) is 6.32. The first-order chi connectivity index (χ1) is 9.86. The third kappa shape index (κ3) is 4.05. The maximum atomic E-state index is 12.4. The minimum atomic E-state index is -4.35. The number of aryl methyl sites for hydroxylation is 1. The van der Waals surface area contributed by atoms with E-state index in [1.807, 2.05) is 13.0 Å². The third-order valence-corrected chi connectivity index (χ3v) is 2.97. The van der Waals surface area contributed by atoms with E-state index in [0.29, 0.717) is 11.1 Å². The lowest BCUT2D eigenvalue weighted by Crippen LogP contribution is -2.04. The van der Waals surface area contributed by atoms with Crippen molar-refractivity contribution in [2.24, 2.45) is 0 Å². The summed E-state index contributed by atoms with van der Waals surface area (Å²) in [6.45, 7) is 1.89. The topological polar surface area (TPSA) is 17.1 Å². The minimum absolute atomic E-state index is 0.182. The molecule has 0 aliphatic carbocycles. The van der Waals surface area contributed by atoms with Crippen LogP contribution in [0.3, 0.4) is 0 Å². The molecule has 0 aliphatic rings. The van der Waals surface area contributed by atoms with E-state index in [2.05, 4.69) is 0 Å². The van der Waals surface area contributed by atoms with Crippen molar-refractivity contribution in [3.63, 3.8) is 0 Å². The Balaban J connectivity index is 2.12. The fourth-order valence-electron chi connectivity index (χ4n) is 1.85. The first-order valence-corrected chi connectivity index (χ1v) is 6.32. The van der Waals surface area contributed by atoms with E-state index in [1.165, 1.54) is 24.3 Å². The molecule has 0 unspecified atom stereocenters. The molecule has 0 saturated heterocycles. The molecule has 4 heteroatoms. The van der Waals surface area contributed by atoms with Crippen molar-refractivity contribution in [1.29, 1.82) is 0 Å². The van der Waals surface area contributed by atoms with Crippen molar-refractivity contribution in [3.8, 4) is 0 Å². The van der Waals surface area contributed by atoms with Crippen LogP contribution in [0.4, 0.5) is 13.2 Å². The predicted octanol–water partition coefficient (Wildman–Crippen LogP) is 4.91. The number of ketones is 1.